The highest BCUT2D eigenvalue weighted by molar-refractivity contribution is 6.10. The lowest BCUT2D eigenvalue weighted by Gasteiger charge is -2.16. The zero-order valence-corrected chi connectivity index (χ0v) is 18.7. The molecule has 8 heteroatoms. The Labute approximate surface area is 195 Å². The number of pyridine rings is 1. The first-order valence-corrected chi connectivity index (χ1v) is 11.1. The van der Waals surface area contributed by atoms with Crippen molar-refractivity contribution in [3.05, 3.63) is 83.2 Å². The zero-order chi connectivity index (χ0) is 23.4. The Hall–Kier alpha value is -4.33. The topological polar surface area (TPSA) is 90.2 Å². The Morgan fingerprint density at radius 1 is 0.941 bits per heavy atom. The maximum atomic E-state index is 13.4. The summed E-state index contributed by atoms with van der Waals surface area (Å²) in [6, 6.07) is 17.3. The number of carbonyl (C=O) groups excluding carboxylic acids is 2. The van der Waals surface area contributed by atoms with Crippen LogP contribution in [0.5, 0.6) is 0 Å². The van der Waals surface area contributed by atoms with E-state index in [1.807, 2.05) is 53.1 Å². The van der Waals surface area contributed by atoms with Crippen LogP contribution in [0.4, 0.5) is 5.82 Å². The maximum absolute atomic E-state index is 13.4. The summed E-state index contributed by atoms with van der Waals surface area (Å²) < 4.78 is 7.06. The van der Waals surface area contributed by atoms with Gasteiger partial charge in [0.1, 0.15) is 24.4 Å². The van der Waals surface area contributed by atoms with Crippen LogP contribution in [-0.2, 0) is 17.9 Å². The van der Waals surface area contributed by atoms with E-state index < -0.39 is 0 Å². The number of hydrogen-bond acceptors (Lipinski definition) is 6. The summed E-state index contributed by atoms with van der Waals surface area (Å²) in [5.41, 5.74) is 5.61. The molecule has 0 unspecified atom stereocenters. The van der Waals surface area contributed by atoms with Gasteiger partial charge in [-0.05, 0) is 60.9 Å². The lowest BCUT2D eigenvalue weighted by atomic mass is 9.97. The normalized spacial score (nSPS) is 14.5. The van der Waals surface area contributed by atoms with E-state index in [0.717, 1.165) is 22.3 Å². The highest BCUT2D eigenvalue weighted by atomic mass is 16.5. The number of benzene rings is 2. The number of fused-ring (bicyclic) bond motifs is 2. The summed E-state index contributed by atoms with van der Waals surface area (Å²) >= 11 is 0. The molecule has 2 aliphatic heterocycles. The summed E-state index contributed by atoms with van der Waals surface area (Å²) in [4.78, 5) is 31.5. The fourth-order valence-electron chi connectivity index (χ4n) is 4.48. The van der Waals surface area contributed by atoms with Gasteiger partial charge in [-0.2, -0.15) is 0 Å². The third kappa shape index (κ3) is 3.18. The van der Waals surface area contributed by atoms with Crippen LogP contribution in [0.25, 0.3) is 22.6 Å². The fourth-order valence-corrected chi connectivity index (χ4v) is 4.48. The van der Waals surface area contributed by atoms with Gasteiger partial charge in [0.2, 0.25) is 0 Å². The number of hydrogen-bond donors (Lipinski definition) is 0. The number of carbonyl (C=O) groups is 2. The SMILES string of the molecule is CC(C)n1cnnc1-c1cccc(N2Cc3ccc(-c4ccc5c(c4)COC5=O)cc3C2=O)n1. The summed E-state index contributed by atoms with van der Waals surface area (Å²) in [7, 11) is 0. The largest absolute Gasteiger partial charge is 0.457 e. The summed E-state index contributed by atoms with van der Waals surface area (Å²) in [6.45, 7) is 4.85. The Kier molecular flexibility index (Phi) is 4.55. The standard InChI is InChI=1S/C26H21N5O3/c1-15(2)31-14-27-29-24(31)22-4-3-5-23(28-22)30-12-18-7-6-17(11-21(18)25(30)32)16-8-9-20-19(10-16)13-34-26(20)33/h3-11,14-15H,12-13H2,1-2H3. The van der Waals surface area contributed by atoms with Gasteiger partial charge in [0, 0.05) is 17.2 Å². The number of ether oxygens (including phenoxy) is 1. The highest BCUT2D eigenvalue weighted by Crippen LogP contribution is 2.33. The van der Waals surface area contributed by atoms with E-state index in [1.165, 1.54) is 0 Å². The fraction of sp³-hybridized carbons (Fsp3) is 0.192. The minimum Gasteiger partial charge on any atom is -0.457 e. The number of aromatic nitrogens is 4. The third-order valence-corrected chi connectivity index (χ3v) is 6.30. The average molecular weight is 451 g/mol. The van der Waals surface area contributed by atoms with E-state index in [-0.39, 0.29) is 24.5 Å². The molecule has 0 spiro atoms. The van der Waals surface area contributed by atoms with Crippen molar-refractivity contribution in [2.45, 2.75) is 33.0 Å². The van der Waals surface area contributed by atoms with Crippen LogP contribution in [-0.4, -0.2) is 31.6 Å². The Balaban J connectivity index is 1.32. The number of rotatable bonds is 4. The minimum absolute atomic E-state index is 0.0912. The summed E-state index contributed by atoms with van der Waals surface area (Å²) in [5, 5.41) is 8.25. The molecule has 0 N–H and O–H groups in total. The first-order chi connectivity index (χ1) is 16.5. The van der Waals surface area contributed by atoms with Crippen LogP contribution in [0.15, 0.2) is 60.9 Å². The summed E-state index contributed by atoms with van der Waals surface area (Å²) in [5.74, 6) is 0.864. The molecule has 0 aliphatic carbocycles. The van der Waals surface area contributed by atoms with E-state index >= 15 is 0 Å². The highest BCUT2D eigenvalue weighted by Gasteiger charge is 2.30. The molecule has 0 radical (unpaired) electrons. The van der Waals surface area contributed by atoms with Gasteiger partial charge in [0.05, 0.1) is 12.1 Å². The third-order valence-electron chi connectivity index (χ3n) is 6.30. The van der Waals surface area contributed by atoms with Crippen molar-refractivity contribution in [1.29, 1.82) is 0 Å². The predicted octanol–water partition coefficient (Wildman–Crippen LogP) is 4.42. The van der Waals surface area contributed by atoms with E-state index in [9.17, 15) is 9.59 Å². The monoisotopic (exact) mass is 451 g/mol. The van der Waals surface area contributed by atoms with Crippen LogP contribution in [0, 0.1) is 0 Å². The lowest BCUT2D eigenvalue weighted by molar-refractivity contribution is 0.0535. The van der Waals surface area contributed by atoms with Gasteiger partial charge in [0.25, 0.3) is 5.91 Å². The van der Waals surface area contributed by atoms with Gasteiger partial charge in [-0.3, -0.25) is 9.69 Å². The second-order valence-electron chi connectivity index (χ2n) is 8.75. The molecule has 2 aromatic carbocycles. The van der Waals surface area contributed by atoms with Crippen LogP contribution >= 0.6 is 0 Å². The molecular formula is C26H21N5O3. The first-order valence-electron chi connectivity index (χ1n) is 11.1. The molecule has 2 aromatic heterocycles. The minimum atomic E-state index is -0.289. The molecule has 1 amide bonds. The van der Waals surface area contributed by atoms with Crippen LogP contribution in [0.2, 0.25) is 0 Å². The van der Waals surface area contributed by atoms with E-state index in [0.29, 0.717) is 35.0 Å². The molecule has 8 nitrogen and oxygen atoms in total. The van der Waals surface area contributed by atoms with Crippen molar-refractivity contribution in [1.82, 2.24) is 19.7 Å². The number of amides is 1. The lowest BCUT2D eigenvalue weighted by Crippen LogP contribution is -2.24. The predicted molar refractivity (Wildman–Crippen MR) is 125 cm³/mol. The van der Waals surface area contributed by atoms with Gasteiger partial charge >= 0.3 is 5.97 Å². The molecule has 168 valence electrons. The number of esters is 1. The van der Waals surface area contributed by atoms with Crippen LogP contribution in [0.1, 0.15) is 51.7 Å². The van der Waals surface area contributed by atoms with Gasteiger partial charge in [-0.1, -0.05) is 24.3 Å². The van der Waals surface area contributed by atoms with Gasteiger partial charge in [-0.15, -0.1) is 10.2 Å². The van der Waals surface area contributed by atoms with E-state index in [1.54, 1.807) is 17.3 Å². The van der Waals surface area contributed by atoms with Crippen molar-refractivity contribution in [3.8, 4) is 22.6 Å². The summed E-state index contributed by atoms with van der Waals surface area (Å²) in [6.07, 6.45) is 1.69. The maximum Gasteiger partial charge on any atom is 0.338 e. The first kappa shape index (κ1) is 20.3. The molecule has 34 heavy (non-hydrogen) atoms. The number of anilines is 1. The molecule has 4 aromatic rings. The van der Waals surface area contributed by atoms with Crippen molar-refractivity contribution < 1.29 is 14.3 Å². The molecule has 6 rings (SSSR count). The van der Waals surface area contributed by atoms with Crippen molar-refractivity contribution in [3.63, 3.8) is 0 Å². The Morgan fingerprint density at radius 2 is 1.76 bits per heavy atom. The molecule has 0 saturated carbocycles. The van der Waals surface area contributed by atoms with E-state index in [4.69, 9.17) is 9.72 Å². The molecular weight excluding hydrogens is 430 g/mol. The molecule has 0 bridgehead atoms. The number of nitrogens with zero attached hydrogens (tertiary/aromatic N) is 5. The van der Waals surface area contributed by atoms with E-state index in [2.05, 4.69) is 24.0 Å². The smallest absolute Gasteiger partial charge is 0.338 e. The van der Waals surface area contributed by atoms with Crippen molar-refractivity contribution >= 4 is 17.7 Å². The molecule has 0 saturated heterocycles. The average Bonchev–Trinajstić information content (AvgIpc) is 3.57. The molecule has 0 atom stereocenters. The number of cyclic esters (lactones) is 1. The van der Waals surface area contributed by atoms with Gasteiger partial charge in [0.15, 0.2) is 5.82 Å². The van der Waals surface area contributed by atoms with Crippen molar-refractivity contribution in [2.24, 2.45) is 0 Å². The second-order valence-corrected chi connectivity index (χ2v) is 8.75. The molecule has 0 fully saturated rings. The Bertz CT molecular complexity index is 1470. The zero-order valence-electron chi connectivity index (χ0n) is 18.7. The quantitative estimate of drug-likeness (QED) is 0.427. The van der Waals surface area contributed by atoms with Crippen LogP contribution in [0.3, 0.4) is 0 Å². The van der Waals surface area contributed by atoms with Crippen LogP contribution < -0.4 is 4.90 Å². The van der Waals surface area contributed by atoms with Gasteiger partial charge in [-0.25, -0.2) is 9.78 Å². The Morgan fingerprint density at radius 3 is 2.62 bits per heavy atom. The molecule has 2 aliphatic rings. The van der Waals surface area contributed by atoms with Gasteiger partial charge < -0.3 is 9.30 Å². The van der Waals surface area contributed by atoms with Crippen molar-refractivity contribution in [2.75, 3.05) is 4.90 Å². The molecule has 4 heterocycles. The second kappa shape index (κ2) is 7.62.